The minimum Gasteiger partial charge on any atom is -0.451 e. The maximum Gasteiger partial charge on any atom is 0.205 e. The van der Waals surface area contributed by atoms with Crippen molar-refractivity contribution in [3.8, 4) is 23.6 Å². The zero-order chi connectivity index (χ0) is 17.3. The molecule has 0 aliphatic carbocycles. The fourth-order valence-corrected chi connectivity index (χ4v) is 2.29. The van der Waals surface area contributed by atoms with Gasteiger partial charge >= 0.3 is 0 Å². The molecule has 116 valence electrons. The summed E-state index contributed by atoms with van der Waals surface area (Å²) in [5.41, 5.74) is -1.88. The lowest BCUT2D eigenvalue weighted by molar-refractivity contribution is 0.385. The Morgan fingerprint density at radius 2 is 1.38 bits per heavy atom. The van der Waals surface area contributed by atoms with Gasteiger partial charge in [-0.2, -0.15) is 14.9 Å². The summed E-state index contributed by atoms with van der Waals surface area (Å²) in [5, 5.41) is 19.3. The molecule has 0 aromatic heterocycles. The largest absolute Gasteiger partial charge is 0.451 e. The van der Waals surface area contributed by atoms with Crippen molar-refractivity contribution in [2.75, 3.05) is 0 Å². The van der Waals surface area contributed by atoms with Gasteiger partial charge in [0.05, 0.1) is 0 Å². The van der Waals surface area contributed by atoms with Gasteiger partial charge in [0.2, 0.25) is 11.6 Å². The number of nitriles is 2. The SMILES string of the molecule is N#Cc1c(F)c(F)c(Oc2ccc3ccccc3c2)c(F)c1C#N. The highest BCUT2D eigenvalue weighted by Gasteiger charge is 2.26. The van der Waals surface area contributed by atoms with Gasteiger partial charge in [-0.05, 0) is 22.9 Å². The van der Waals surface area contributed by atoms with Crippen LogP contribution in [0.5, 0.6) is 11.5 Å². The van der Waals surface area contributed by atoms with E-state index in [2.05, 4.69) is 0 Å². The molecular weight excluding hydrogens is 317 g/mol. The quantitative estimate of drug-likeness (QED) is 0.637. The maximum absolute atomic E-state index is 14.3. The molecule has 0 bridgehead atoms. The van der Waals surface area contributed by atoms with E-state index < -0.39 is 34.3 Å². The third-order valence-corrected chi connectivity index (χ3v) is 3.44. The Labute approximate surface area is 134 Å². The summed E-state index contributed by atoms with van der Waals surface area (Å²) in [6.07, 6.45) is 0. The Bertz CT molecular complexity index is 1050. The first-order chi connectivity index (χ1) is 11.6. The van der Waals surface area contributed by atoms with Crippen LogP contribution in [0.1, 0.15) is 11.1 Å². The van der Waals surface area contributed by atoms with Crippen LogP contribution < -0.4 is 4.74 Å². The number of benzene rings is 3. The number of fused-ring (bicyclic) bond motifs is 1. The second kappa shape index (κ2) is 5.94. The van der Waals surface area contributed by atoms with Gasteiger partial charge in [0.15, 0.2) is 11.6 Å². The van der Waals surface area contributed by atoms with Crippen molar-refractivity contribution in [3.63, 3.8) is 0 Å². The lowest BCUT2D eigenvalue weighted by Gasteiger charge is -2.11. The number of halogens is 3. The maximum atomic E-state index is 14.3. The molecule has 6 heteroatoms. The Morgan fingerprint density at radius 3 is 2.04 bits per heavy atom. The molecule has 0 saturated heterocycles. The van der Waals surface area contributed by atoms with Crippen molar-refractivity contribution in [1.82, 2.24) is 0 Å². The molecular formula is C18H7F3N2O. The van der Waals surface area contributed by atoms with E-state index in [-0.39, 0.29) is 5.75 Å². The molecule has 0 radical (unpaired) electrons. The van der Waals surface area contributed by atoms with Crippen LogP contribution >= 0.6 is 0 Å². The molecule has 0 aliphatic rings. The van der Waals surface area contributed by atoms with Gasteiger partial charge < -0.3 is 4.74 Å². The summed E-state index contributed by atoms with van der Waals surface area (Å²) in [7, 11) is 0. The summed E-state index contributed by atoms with van der Waals surface area (Å²) in [6.45, 7) is 0. The standard InChI is InChI=1S/C18H7F3N2O/c19-15-13(8-22)14(9-23)16(20)18(17(15)21)24-12-6-5-10-3-1-2-4-11(10)7-12/h1-7H. The molecule has 0 N–H and O–H groups in total. The Morgan fingerprint density at radius 1 is 0.750 bits per heavy atom. The van der Waals surface area contributed by atoms with E-state index in [0.29, 0.717) is 0 Å². The van der Waals surface area contributed by atoms with Crippen molar-refractivity contribution in [2.24, 2.45) is 0 Å². The molecule has 3 aromatic carbocycles. The van der Waals surface area contributed by atoms with Crippen LogP contribution in [0.3, 0.4) is 0 Å². The van der Waals surface area contributed by atoms with E-state index in [1.807, 2.05) is 12.1 Å². The molecule has 0 amide bonds. The van der Waals surface area contributed by atoms with E-state index in [4.69, 9.17) is 15.3 Å². The van der Waals surface area contributed by atoms with Gasteiger partial charge in [-0.15, -0.1) is 0 Å². The normalized spacial score (nSPS) is 10.2. The Hall–Kier alpha value is -3.51. The van der Waals surface area contributed by atoms with E-state index in [9.17, 15) is 13.2 Å². The Kier molecular flexibility index (Phi) is 3.81. The van der Waals surface area contributed by atoms with Gasteiger partial charge in [0.1, 0.15) is 29.0 Å². The van der Waals surface area contributed by atoms with E-state index in [1.54, 1.807) is 18.2 Å². The smallest absolute Gasteiger partial charge is 0.205 e. The average molecular weight is 324 g/mol. The highest BCUT2D eigenvalue weighted by molar-refractivity contribution is 5.83. The van der Waals surface area contributed by atoms with Crippen molar-refractivity contribution in [2.45, 2.75) is 0 Å². The summed E-state index contributed by atoms with van der Waals surface area (Å²) in [5.74, 6) is -5.68. The fraction of sp³-hybridized carbons (Fsp3) is 0. The van der Waals surface area contributed by atoms with Crippen molar-refractivity contribution in [1.29, 1.82) is 10.5 Å². The number of hydrogen-bond donors (Lipinski definition) is 0. The molecule has 3 rings (SSSR count). The van der Waals surface area contributed by atoms with Crippen LogP contribution in [0.25, 0.3) is 10.8 Å². The van der Waals surface area contributed by atoms with Crippen molar-refractivity contribution < 1.29 is 17.9 Å². The molecule has 0 spiro atoms. The minimum atomic E-state index is -1.66. The fourth-order valence-electron chi connectivity index (χ4n) is 2.29. The van der Waals surface area contributed by atoms with E-state index in [1.165, 1.54) is 24.3 Å². The molecule has 24 heavy (non-hydrogen) atoms. The lowest BCUT2D eigenvalue weighted by Crippen LogP contribution is -2.03. The first-order valence-corrected chi connectivity index (χ1v) is 6.74. The van der Waals surface area contributed by atoms with Crippen molar-refractivity contribution in [3.05, 3.63) is 71.0 Å². The molecule has 0 unspecified atom stereocenters. The van der Waals surface area contributed by atoms with Crippen LogP contribution in [0.15, 0.2) is 42.5 Å². The zero-order valence-electron chi connectivity index (χ0n) is 12.0. The third-order valence-electron chi connectivity index (χ3n) is 3.44. The molecule has 3 nitrogen and oxygen atoms in total. The first-order valence-electron chi connectivity index (χ1n) is 6.74. The summed E-state index contributed by atoms with van der Waals surface area (Å²) >= 11 is 0. The number of nitrogens with zero attached hydrogens (tertiary/aromatic N) is 2. The summed E-state index contributed by atoms with van der Waals surface area (Å²) in [6, 6.07) is 14.5. The molecule has 0 atom stereocenters. The second-order valence-electron chi connectivity index (χ2n) is 4.86. The van der Waals surface area contributed by atoms with Gasteiger partial charge in [0.25, 0.3) is 0 Å². The van der Waals surface area contributed by atoms with Gasteiger partial charge in [-0.1, -0.05) is 30.3 Å². The topological polar surface area (TPSA) is 56.8 Å². The predicted octanol–water partition coefficient (Wildman–Crippen LogP) is 4.79. The number of ether oxygens (including phenoxy) is 1. The molecule has 3 aromatic rings. The lowest BCUT2D eigenvalue weighted by atomic mass is 10.1. The van der Waals surface area contributed by atoms with E-state index >= 15 is 0 Å². The van der Waals surface area contributed by atoms with Gasteiger partial charge in [-0.3, -0.25) is 0 Å². The number of hydrogen-bond acceptors (Lipinski definition) is 3. The molecule has 0 saturated carbocycles. The van der Waals surface area contributed by atoms with Crippen LogP contribution in [0.4, 0.5) is 13.2 Å². The molecule has 0 aliphatic heterocycles. The number of rotatable bonds is 2. The second-order valence-corrected chi connectivity index (χ2v) is 4.86. The Balaban J connectivity index is 2.14. The van der Waals surface area contributed by atoms with Crippen LogP contribution in [0, 0.1) is 40.1 Å². The van der Waals surface area contributed by atoms with E-state index in [0.717, 1.165) is 10.8 Å². The third kappa shape index (κ3) is 2.41. The van der Waals surface area contributed by atoms with Crippen LogP contribution in [0.2, 0.25) is 0 Å². The monoisotopic (exact) mass is 324 g/mol. The minimum absolute atomic E-state index is 0.0690. The summed E-state index contributed by atoms with van der Waals surface area (Å²) < 4.78 is 47.3. The van der Waals surface area contributed by atoms with Gasteiger partial charge in [0, 0.05) is 0 Å². The van der Waals surface area contributed by atoms with Crippen molar-refractivity contribution >= 4 is 10.8 Å². The zero-order valence-corrected chi connectivity index (χ0v) is 12.0. The first kappa shape index (κ1) is 15.4. The van der Waals surface area contributed by atoms with Gasteiger partial charge in [-0.25, -0.2) is 8.78 Å². The predicted molar refractivity (Wildman–Crippen MR) is 79.8 cm³/mol. The average Bonchev–Trinajstić information content (AvgIpc) is 2.61. The molecule has 0 heterocycles. The highest BCUT2D eigenvalue weighted by Crippen LogP contribution is 2.34. The highest BCUT2D eigenvalue weighted by atomic mass is 19.2. The van der Waals surface area contributed by atoms with Crippen LogP contribution in [-0.4, -0.2) is 0 Å². The summed E-state index contributed by atoms with van der Waals surface area (Å²) in [4.78, 5) is 0. The molecule has 0 fully saturated rings. The van der Waals surface area contributed by atoms with Crippen LogP contribution in [-0.2, 0) is 0 Å².